The number of hydrogen-bond donors (Lipinski definition) is 4. The predicted molar refractivity (Wildman–Crippen MR) is 103 cm³/mol. The van der Waals surface area contributed by atoms with Crippen molar-refractivity contribution in [2.45, 2.75) is 61.4 Å². The molecule has 0 rings (SSSR count). The first-order valence-electron chi connectivity index (χ1n) is 8.08. The number of carbonyl (C=O) groups is 3. The average Bonchev–Trinajstić information content (AvgIpc) is 2.58. The Balaban J connectivity index is 0. The van der Waals surface area contributed by atoms with Gasteiger partial charge >= 0.3 is 0 Å². The van der Waals surface area contributed by atoms with Crippen LogP contribution >= 0.6 is 35.6 Å². The SMILES string of the molecule is Cl.NCCCCC(N)C(=O)C(Cl)C(=O)C(Cl)C(=O)C(N)CCCCN. The Hall–Kier alpha value is -0.280. The van der Waals surface area contributed by atoms with Gasteiger partial charge in [-0.25, -0.2) is 0 Å². The van der Waals surface area contributed by atoms with Crippen molar-refractivity contribution in [2.75, 3.05) is 13.1 Å². The van der Waals surface area contributed by atoms with Gasteiger partial charge in [0.2, 0.25) is 0 Å². The first kappa shape index (κ1) is 26.9. The van der Waals surface area contributed by atoms with Gasteiger partial charge in [0.05, 0.1) is 12.1 Å². The zero-order chi connectivity index (χ0) is 18.7. The highest BCUT2D eigenvalue weighted by molar-refractivity contribution is 6.52. The molecule has 10 heteroatoms. The maximum atomic E-state index is 12.1. The van der Waals surface area contributed by atoms with Crippen molar-refractivity contribution in [3.05, 3.63) is 0 Å². The van der Waals surface area contributed by atoms with E-state index < -0.39 is 40.2 Å². The topological polar surface area (TPSA) is 155 Å². The number of ketones is 3. The summed E-state index contributed by atoms with van der Waals surface area (Å²) in [5.41, 5.74) is 22.2. The molecule has 148 valence electrons. The third-order valence-corrected chi connectivity index (χ3v) is 4.53. The Morgan fingerprint density at radius 3 is 1.28 bits per heavy atom. The molecule has 0 aromatic rings. The van der Waals surface area contributed by atoms with E-state index in [-0.39, 0.29) is 12.4 Å². The molecule has 0 amide bonds. The molecule has 0 saturated heterocycles. The highest BCUT2D eigenvalue weighted by Gasteiger charge is 2.37. The molecule has 4 atom stereocenters. The van der Waals surface area contributed by atoms with Gasteiger partial charge < -0.3 is 22.9 Å². The molecular formula is C15H29Cl3N4O3. The van der Waals surface area contributed by atoms with Crippen molar-refractivity contribution in [3.8, 4) is 0 Å². The summed E-state index contributed by atoms with van der Waals surface area (Å²) in [6, 6.07) is -1.78. The Kier molecular flexibility index (Phi) is 16.0. The molecule has 7 nitrogen and oxygen atoms in total. The van der Waals surface area contributed by atoms with Crippen molar-refractivity contribution in [1.29, 1.82) is 0 Å². The highest BCUT2D eigenvalue weighted by atomic mass is 35.5. The van der Waals surface area contributed by atoms with E-state index in [2.05, 4.69) is 0 Å². The monoisotopic (exact) mass is 418 g/mol. The van der Waals surface area contributed by atoms with Crippen LogP contribution in [0.25, 0.3) is 0 Å². The highest BCUT2D eigenvalue weighted by Crippen LogP contribution is 2.15. The quantitative estimate of drug-likeness (QED) is 0.178. The predicted octanol–water partition coefficient (Wildman–Crippen LogP) is 0.243. The van der Waals surface area contributed by atoms with E-state index in [9.17, 15) is 14.4 Å². The van der Waals surface area contributed by atoms with Gasteiger partial charge in [0, 0.05) is 0 Å². The van der Waals surface area contributed by atoms with Crippen LogP contribution in [0.3, 0.4) is 0 Å². The van der Waals surface area contributed by atoms with E-state index in [1.807, 2.05) is 0 Å². The summed E-state index contributed by atoms with van der Waals surface area (Å²) in [7, 11) is 0. The van der Waals surface area contributed by atoms with Crippen molar-refractivity contribution < 1.29 is 14.4 Å². The van der Waals surface area contributed by atoms with Crippen LogP contribution in [0.4, 0.5) is 0 Å². The van der Waals surface area contributed by atoms with Crippen LogP contribution in [0.1, 0.15) is 38.5 Å². The summed E-state index contributed by atoms with van der Waals surface area (Å²) in [6.45, 7) is 0.981. The molecule has 0 bridgehead atoms. The molecular weight excluding hydrogens is 391 g/mol. The molecule has 0 fully saturated rings. The average molecular weight is 420 g/mol. The number of hydrogen-bond acceptors (Lipinski definition) is 7. The molecule has 0 aliphatic heterocycles. The largest absolute Gasteiger partial charge is 0.330 e. The molecule has 0 radical (unpaired) electrons. The second-order valence-electron chi connectivity index (χ2n) is 5.71. The minimum atomic E-state index is -1.56. The van der Waals surface area contributed by atoms with Crippen LogP contribution in [0.2, 0.25) is 0 Å². The van der Waals surface area contributed by atoms with E-state index in [4.69, 9.17) is 46.1 Å². The number of rotatable bonds is 14. The molecule has 25 heavy (non-hydrogen) atoms. The van der Waals surface area contributed by atoms with Crippen molar-refractivity contribution in [3.63, 3.8) is 0 Å². The summed E-state index contributed by atoms with van der Waals surface area (Å²) in [5.74, 6) is -2.17. The van der Waals surface area contributed by atoms with Crippen LogP contribution in [0, 0.1) is 0 Å². The number of unbranched alkanes of at least 4 members (excludes halogenated alkanes) is 2. The lowest BCUT2D eigenvalue weighted by molar-refractivity contribution is -0.130. The molecule has 0 aliphatic carbocycles. The summed E-state index contributed by atoms with van der Waals surface area (Å²) in [4.78, 5) is 36.3. The zero-order valence-electron chi connectivity index (χ0n) is 14.2. The molecule has 0 aromatic carbocycles. The normalized spacial score (nSPS) is 15.6. The van der Waals surface area contributed by atoms with Crippen molar-refractivity contribution in [1.82, 2.24) is 0 Å². The van der Waals surface area contributed by atoms with E-state index in [0.29, 0.717) is 38.8 Å². The third-order valence-electron chi connectivity index (χ3n) is 3.67. The third kappa shape index (κ3) is 9.84. The molecule has 0 heterocycles. The van der Waals surface area contributed by atoms with Gasteiger partial charge in [-0.1, -0.05) is 12.8 Å². The first-order chi connectivity index (χ1) is 11.3. The lowest BCUT2D eigenvalue weighted by Gasteiger charge is -2.18. The van der Waals surface area contributed by atoms with Gasteiger partial charge in [-0.05, 0) is 38.8 Å². The van der Waals surface area contributed by atoms with Gasteiger partial charge in [0.25, 0.3) is 0 Å². The molecule has 0 aliphatic rings. The van der Waals surface area contributed by atoms with E-state index in [1.54, 1.807) is 0 Å². The fourth-order valence-electron chi connectivity index (χ4n) is 2.09. The van der Waals surface area contributed by atoms with Gasteiger partial charge in [0.15, 0.2) is 28.1 Å². The smallest absolute Gasteiger partial charge is 0.183 e. The lowest BCUT2D eigenvalue weighted by Crippen LogP contribution is -2.47. The minimum absolute atomic E-state index is 0. The fraction of sp³-hybridized carbons (Fsp3) is 0.800. The standard InChI is InChI=1S/C15H28Cl2N4O3.ClH/c16-11(13(22)9(20)5-1-3-7-18)15(24)12(17)14(23)10(21)6-2-4-8-19;/h9-12H,1-8,18-21H2;1H. The number of halogens is 3. The Morgan fingerprint density at radius 1 is 0.680 bits per heavy atom. The number of nitrogens with two attached hydrogens (primary N) is 4. The maximum Gasteiger partial charge on any atom is 0.183 e. The van der Waals surface area contributed by atoms with Crippen molar-refractivity contribution >= 4 is 53.0 Å². The van der Waals surface area contributed by atoms with Crippen LogP contribution < -0.4 is 22.9 Å². The van der Waals surface area contributed by atoms with Crippen LogP contribution in [-0.2, 0) is 14.4 Å². The van der Waals surface area contributed by atoms with E-state index in [1.165, 1.54) is 0 Å². The number of Topliss-reactive ketones (excluding diaryl/α,β-unsaturated/α-hetero) is 3. The second-order valence-corrected chi connectivity index (χ2v) is 6.59. The molecule has 8 N–H and O–H groups in total. The summed E-state index contributed by atoms with van der Waals surface area (Å²) >= 11 is 11.7. The molecule has 0 aromatic heterocycles. The fourth-order valence-corrected chi connectivity index (χ4v) is 2.73. The number of alkyl halides is 2. The van der Waals surface area contributed by atoms with Crippen LogP contribution in [0.5, 0.6) is 0 Å². The van der Waals surface area contributed by atoms with Crippen LogP contribution in [-0.4, -0.2) is 53.3 Å². The van der Waals surface area contributed by atoms with Gasteiger partial charge in [-0.3, -0.25) is 14.4 Å². The number of carbonyl (C=O) groups excluding carboxylic acids is 3. The van der Waals surface area contributed by atoms with Gasteiger partial charge in [-0.15, -0.1) is 35.6 Å². The maximum absolute atomic E-state index is 12.1. The molecule has 4 unspecified atom stereocenters. The Bertz CT molecular complexity index is 391. The Labute approximate surface area is 164 Å². The lowest BCUT2D eigenvalue weighted by atomic mass is 9.96. The second kappa shape index (κ2) is 14.8. The summed E-state index contributed by atoms with van der Waals surface area (Å²) in [5, 5.41) is -3.11. The van der Waals surface area contributed by atoms with E-state index in [0.717, 1.165) is 12.8 Å². The summed E-state index contributed by atoms with van der Waals surface area (Å²) < 4.78 is 0. The Morgan fingerprint density at radius 2 is 1.00 bits per heavy atom. The van der Waals surface area contributed by atoms with Crippen LogP contribution in [0.15, 0.2) is 0 Å². The molecule has 0 saturated carbocycles. The van der Waals surface area contributed by atoms with Crippen molar-refractivity contribution in [2.24, 2.45) is 22.9 Å². The first-order valence-corrected chi connectivity index (χ1v) is 8.95. The zero-order valence-corrected chi connectivity index (χ0v) is 16.5. The molecule has 0 spiro atoms. The van der Waals surface area contributed by atoms with E-state index >= 15 is 0 Å². The van der Waals surface area contributed by atoms with Gasteiger partial charge in [0.1, 0.15) is 0 Å². The van der Waals surface area contributed by atoms with Gasteiger partial charge in [-0.2, -0.15) is 0 Å². The minimum Gasteiger partial charge on any atom is -0.330 e. The summed E-state index contributed by atoms with van der Waals surface area (Å²) in [6.07, 6.45) is 3.47.